The second-order valence-electron chi connectivity index (χ2n) is 7.22. The third kappa shape index (κ3) is 8.33. The fourth-order valence-corrected chi connectivity index (χ4v) is 4.54. The molecule has 0 saturated heterocycles. The molecule has 0 spiro atoms. The minimum Gasteiger partial charge on any atom is -0.154 e. The summed E-state index contributed by atoms with van der Waals surface area (Å²) in [5.41, 5.74) is 1.71. The fraction of sp³-hybridized carbons (Fsp3) is 0.900. The molecule has 0 bridgehead atoms. The molecule has 0 aromatic carbocycles. The average Bonchev–Trinajstić information content (AvgIpc) is 2.47. The van der Waals surface area contributed by atoms with Crippen LogP contribution in [0.15, 0.2) is 11.6 Å². The van der Waals surface area contributed by atoms with Gasteiger partial charge in [-0.1, -0.05) is 84.3 Å². The van der Waals surface area contributed by atoms with E-state index in [-0.39, 0.29) is 0 Å². The lowest BCUT2D eigenvalue weighted by molar-refractivity contribution is 0.499. The third-order valence-corrected chi connectivity index (χ3v) is 6.39. The summed E-state index contributed by atoms with van der Waals surface area (Å²) in [7, 11) is 0. The summed E-state index contributed by atoms with van der Waals surface area (Å²) >= 11 is 2.22. The molecule has 21 heavy (non-hydrogen) atoms. The highest BCUT2D eigenvalue weighted by Crippen LogP contribution is 2.34. The Hall–Kier alpha value is 0.0900. The lowest BCUT2D eigenvalue weighted by atomic mass is 9.86. The Bertz CT molecular complexity index is 280. The first-order valence-electron chi connectivity index (χ1n) is 9.47. The first-order valence-corrected chi connectivity index (χ1v) is 10.5. The molecule has 0 heterocycles. The molecule has 1 aliphatic rings. The van der Waals surface area contributed by atoms with Crippen LogP contribution in [0.1, 0.15) is 91.9 Å². The quantitative estimate of drug-likeness (QED) is 0.286. The van der Waals surface area contributed by atoms with Crippen LogP contribution in [0.3, 0.4) is 0 Å². The molecule has 1 aliphatic carbocycles. The van der Waals surface area contributed by atoms with Crippen LogP contribution in [0.2, 0.25) is 0 Å². The largest absolute Gasteiger partial charge is 0.154 e. The van der Waals surface area contributed by atoms with Crippen molar-refractivity contribution in [2.24, 2.45) is 11.8 Å². The maximum absolute atomic E-state index is 2.61. The number of thioether (sulfide) groups is 1. The monoisotopic (exact) mass is 310 g/mol. The van der Waals surface area contributed by atoms with Gasteiger partial charge in [0.1, 0.15) is 0 Å². The van der Waals surface area contributed by atoms with Gasteiger partial charge in [0.15, 0.2) is 0 Å². The molecular formula is C20H38S. The molecule has 0 radical (unpaired) electrons. The lowest BCUT2D eigenvalue weighted by Gasteiger charge is -2.28. The Morgan fingerprint density at radius 1 is 1.05 bits per heavy atom. The van der Waals surface area contributed by atoms with Gasteiger partial charge in [0, 0.05) is 5.25 Å². The normalized spacial score (nSPS) is 22.6. The number of allylic oxidation sites excluding steroid dienone is 1. The second kappa shape index (κ2) is 11.6. The van der Waals surface area contributed by atoms with Gasteiger partial charge in [-0.05, 0) is 36.9 Å². The van der Waals surface area contributed by atoms with E-state index in [9.17, 15) is 0 Å². The van der Waals surface area contributed by atoms with Crippen molar-refractivity contribution in [3.8, 4) is 0 Å². The molecule has 0 fully saturated rings. The highest BCUT2D eigenvalue weighted by molar-refractivity contribution is 8.00. The summed E-state index contributed by atoms with van der Waals surface area (Å²) in [5.74, 6) is 3.00. The van der Waals surface area contributed by atoms with Gasteiger partial charge in [-0.15, -0.1) is 0 Å². The van der Waals surface area contributed by atoms with Gasteiger partial charge in [0.05, 0.1) is 0 Å². The number of unbranched alkanes of at least 4 members (excludes halogenated alkanes) is 7. The molecule has 0 N–H and O–H groups in total. The predicted molar refractivity (Wildman–Crippen MR) is 100 cm³/mol. The van der Waals surface area contributed by atoms with Gasteiger partial charge in [0.2, 0.25) is 0 Å². The molecule has 2 unspecified atom stereocenters. The van der Waals surface area contributed by atoms with Gasteiger partial charge in [-0.2, -0.15) is 11.8 Å². The van der Waals surface area contributed by atoms with Gasteiger partial charge in [-0.25, -0.2) is 0 Å². The fourth-order valence-electron chi connectivity index (χ4n) is 3.17. The molecule has 2 atom stereocenters. The summed E-state index contributed by atoms with van der Waals surface area (Å²) in [5, 5.41) is 0.792. The highest BCUT2D eigenvalue weighted by atomic mass is 32.2. The third-order valence-electron chi connectivity index (χ3n) is 4.88. The summed E-state index contributed by atoms with van der Waals surface area (Å²) in [6.45, 7) is 9.44. The van der Waals surface area contributed by atoms with E-state index in [2.05, 4.69) is 45.5 Å². The standard InChI is InChI=1S/C20H38S/c1-5-6-7-8-9-10-11-12-15-21-20-16-19(17(2)3)14-13-18(20)4/h16-18,20H,5-15H2,1-4H3. The van der Waals surface area contributed by atoms with Gasteiger partial charge >= 0.3 is 0 Å². The minimum absolute atomic E-state index is 0.753. The van der Waals surface area contributed by atoms with Crippen molar-refractivity contribution in [3.05, 3.63) is 11.6 Å². The highest BCUT2D eigenvalue weighted by Gasteiger charge is 2.22. The maximum Gasteiger partial charge on any atom is 0.0255 e. The van der Waals surface area contributed by atoms with Crippen LogP contribution in [-0.2, 0) is 0 Å². The molecule has 0 nitrogen and oxygen atoms in total. The van der Waals surface area contributed by atoms with Crippen LogP contribution in [0, 0.1) is 11.8 Å². The van der Waals surface area contributed by atoms with Crippen molar-refractivity contribution in [2.45, 2.75) is 97.2 Å². The van der Waals surface area contributed by atoms with E-state index in [0.29, 0.717) is 0 Å². The van der Waals surface area contributed by atoms with Crippen LogP contribution in [0.5, 0.6) is 0 Å². The number of hydrogen-bond acceptors (Lipinski definition) is 1. The zero-order chi connectivity index (χ0) is 15.5. The molecule has 0 saturated carbocycles. The van der Waals surface area contributed by atoms with Gasteiger partial charge in [0.25, 0.3) is 0 Å². The molecule has 0 amide bonds. The summed E-state index contributed by atoms with van der Waals surface area (Å²) in [6.07, 6.45) is 16.8. The Balaban J connectivity index is 2.07. The van der Waals surface area contributed by atoms with E-state index in [0.717, 1.165) is 17.1 Å². The van der Waals surface area contributed by atoms with Crippen LogP contribution in [0.4, 0.5) is 0 Å². The van der Waals surface area contributed by atoms with Crippen LogP contribution in [-0.4, -0.2) is 11.0 Å². The van der Waals surface area contributed by atoms with E-state index in [1.165, 1.54) is 70.0 Å². The number of hydrogen-bond donors (Lipinski definition) is 0. The zero-order valence-corrected chi connectivity index (χ0v) is 15.8. The summed E-state index contributed by atoms with van der Waals surface area (Å²) in [6, 6.07) is 0. The lowest BCUT2D eigenvalue weighted by Crippen LogP contribution is -2.19. The van der Waals surface area contributed by atoms with Gasteiger partial charge < -0.3 is 0 Å². The van der Waals surface area contributed by atoms with Crippen molar-refractivity contribution < 1.29 is 0 Å². The molecular weight excluding hydrogens is 272 g/mol. The van der Waals surface area contributed by atoms with Gasteiger partial charge in [-0.3, -0.25) is 0 Å². The van der Waals surface area contributed by atoms with E-state index in [4.69, 9.17) is 0 Å². The van der Waals surface area contributed by atoms with E-state index < -0.39 is 0 Å². The molecule has 0 aromatic heterocycles. The Morgan fingerprint density at radius 3 is 2.29 bits per heavy atom. The summed E-state index contributed by atoms with van der Waals surface area (Å²) in [4.78, 5) is 0. The van der Waals surface area contributed by atoms with E-state index in [1.807, 2.05) is 0 Å². The molecule has 1 rings (SSSR count). The number of rotatable bonds is 11. The Kier molecular flexibility index (Phi) is 10.6. The maximum atomic E-state index is 2.61. The first-order chi connectivity index (χ1) is 10.1. The molecule has 124 valence electrons. The summed E-state index contributed by atoms with van der Waals surface area (Å²) < 4.78 is 0. The van der Waals surface area contributed by atoms with E-state index >= 15 is 0 Å². The van der Waals surface area contributed by atoms with Crippen molar-refractivity contribution in [1.82, 2.24) is 0 Å². The van der Waals surface area contributed by atoms with Crippen molar-refractivity contribution >= 4 is 11.8 Å². The Morgan fingerprint density at radius 2 is 1.67 bits per heavy atom. The smallest absolute Gasteiger partial charge is 0.0255 e. The van der Waals surface area contributed by atoms with Crippen molar-refractivity contribution in [2.75, 3.05) is 5.75 Å². The Labute approximate surface area is 138 Å². The van der Waals surface area contributed by atoms with Crippen LogP contribution in [0.25, 0.3) is 0 Å². The predicted octanol–water partition coefficient (Wildman–Crippen LogP) is 7.24. The first kappa shape index (κ1) is 19.1. The van der Waals surface area contributed by atoms with Crippen molar-refractivity contribution in [3.63, 3.8) is 0 Å². The molecule has 0 aliphatic heterocycles. The van der Waals surface area contributed by atoms with E-state index in [1.54, 1.807) is 5.57 Å². The topological polar surface area (TPSA) is 0 Å². The molecule has 0 aromatic rings. The molecule has 1 heteroatoms. The zero-order valence-electron chi connectivity index (χ0n) is 15.0. The average molecular weight is 311 g/mol. The van der Waals surface area contributed by atoms with Crippen molar-refractivity contribution in [1.29, 1.82) is 0 Å². The van der Waals surface area contributed by atoms with Crippen LogP contribution >= 0.6 is 11.8 Å². The second-order valence-corrected chi connectivity index (χ2v) is 8.51. The SMILES string of the molecule is CCCCCCCCCCSC1C=C(C(C)C)CCC1C. The van der Waals surface area contributed by atoms with Crippen LogP contribution < -0.4 is 0 Å². The minimum atomic E-state index is 0.753.